The van der Waals surface area contributed by atoms with Gasteiger partial charge in [0.1, 0.15) is 10.7 Å². The van der Waals surface area contributed by atoms with Crippen LogP contribution >= 0.6 is 11.3 Å². The highest BCUT2D eigenvalue weighted by atomic mass is 32.1. The molecule has 0 saturated carbocycles. The van der Waals surface area contributed by atoms with E-state index < -0.39 is 0 Å². The molecule has 2 rings (SSSR count). The molecule has 0 aliphatic carbocycles. The quantitative estimate of drug-likeness (QED) is 0.787. The average molecular weight is 299 g/mol. The lowest BCUT2D eigenvalue weighted by Gasteiger charge is -2.25. The molecule has 1 fully saturated rings. The van der Waals surface area contributed by atoms with E-state index in [9.17, 15) is 4.79 Å². The second kappa shape index (κ2) is 6.87. The van der Waals surface area contributed by atoms with Gasteiger partial charge < -0.3 is 25.6 Å². The summed E-state index contributed by atoms with van der Waals surface area (Å²) in [5.74, 6) is 0.153. The molecule has 0 unspecified atom stereocenters. The molecule has 0 radical (unpaired) electrons. The van der Waals surface area contributed by atoms with E-state index in [1.165, 1.54) is 11.3 Å². The Morgan fingerprint density at radius 1 is 1.50 bits per heavy atom. The number of likely N-dealkylation sites (N-methyl/N-ethyl adjacent to an activating group) is 1. The number of thiazole rings is 1. The molecule has 0 aromatic carbocycles. The van der Waals surface area contributed by atoms with Gasteiger partial charge in [0.2, 0.25) is 0 Å². The molecule has 0 atom stereocenters. The van der Waals surface area contributed by atoms with Gasteiger partial charge >= 0.3 is 0 Å². The summed E-state index contributed by atoms with van der Waals surface area (Å²) in [5.41, 5.74) is 5.85. The van der Waals surface area contributed by atoms with Crippen LogP contribution in [0.15, 0.2) is 0 Å². The Morgan fingerprint density at radius 2 is 2.20 bits per heavy atom. The normalized spacial score (nSPS) is 15.7. The summed E-state index contributed by atoms with van der Waals surface area (Å²) in [6.07, 6.45) is 0. The number of nitrogens with zero attached hydrogens (tertiary/aromatic N) is 3. The van der Waals surface area contributed by atoms with Crippen LogP contribution in [0, 0.1) is 0 Å². The van der Waals surface area contributed by atoms with Gasteiger partial charge in [-0.05, 0) is 14.1 Å². The fraction of sp³-hybridized carbons (Fsp3) is 0.667. The molecule has 1 aromatic heterocycles. The van der Waals surface area contributed by atoms with Gasteiger partial charge in [0.05, 0.1) is 13.2 Å². The highest BCUT2D eigenvalue weighted by Crippen LogP contribution is 2.28. The first kappa shape index (κ1) is 15.0. The van der Waals surface area contributed by atoms with E-state index in [0.29, 0.717) is 30.5 Å². The van der Waals surface area contributed by atoms with Gasteiger partial charge in [-0.2, -0.15) is 0 Å². The molecule has 1 saturated heterocycles. The number of hydrogen-bond donors (Lipinski definition) is 2. The number of ether oxygens (including phenoxy) is 1. The minimum Gasteiger partial charge on any atom is -0.382 e. The summed E-state index contributed by atoms with van der Waals surface area (Å²) in [4.78, 5) is 21.0. The van der Waals surface area contributed by atoms with E-state index in [4.69, 9.17) is 10.5 Å². The van der Waals surface area contributed by atoms with Crippen LogP contribution in [0.4, 0.5) is 10.9 Å². The lowest BCUT2D eigenvalue weighted by molar-refractivity contribution is 0.0955. The summed E-state index contributed by atoms with van der Waals surface area (Å²) in [6, 6.07) is 0. The maximum Gasteiger partial charge on any atom is 0.265 e. The zero-order valence-corrected chi connectivity index (χ0v) is 12.7. The van der Waals surface area contributed by atoms with E-state index in [2.05, 4.69) is 15.2 Å². The minimum absolute atomic E-state index is 0.152. The van der Waals surface area contributed by atoms with Crippen molar-refractivity contribution in [3.63, 3.8) is 0 Å². The molecule has 1 aliphatic rings. The Morgan fingerprint density at radius 3 is 2.85 bits per heavy atom. The number of hydrogen-bond acceptors (Lipinski definition) is 7. The number of carbonyl (C=O) groups excluding carboxylic acids is 1. The molecule has 3 N–H and O–H groups in total. The average Bonchev–Trinajstić information content (AvgIpc) is 2.81. The fourth-order valence-electron chi connectivity index (χ4n) is 1.85. The number of nitrogens with two attached hydrogens (primary N) is 1. The number of rotatable bonds is 5. The lowest BCUT2D eigenvalue weighted by Crippen LogP contribution is -2.36. The third-order valence-electron chi connectivity index (χ3n) is 2.97. The van der Waals surface area contributed by atoms with Crippen LogP contribution in [0.5, 0.6) is 0 Å². The minimum atomic E-state index is -0.152. The molecular formula is C12H21N5O2S. The number of anilines is 2. The van der Waals surface area contributed by atoms with Gasteiger partial charge in [-0.3, -0.25) is 4.79 Å². The van der Waals surface area contributed by atoms with E-state index in [0.717, 1.165) is 24.8 Å². The van der Waals surface area contributed by atoms with Crippen molar-refractivity contribution in [2.45, 2.75) is 0 Å². The van der Waals surface area contributed by atoms with Crippen LogP contribution in [-0.2, 0) is 4.74 Å². The molecule has 20 heavy (non-hydrogen) atoms. The molecule has 7 nitrogen and oxygen atoms in total. The van der Waals surface area contributed by atoms with Crippen molar-refractivity contribution in [3.8, 4) is 0 Å². The number of aromatic nitrogens is 1. The monoisotopic (exact) mass is 299 g/mol. The smallest absolute Gasteiger partial charge is 0.265 e. The van der Waals surface area contributed by atoms with E-state index in [1.54, 1.807) is 0 Å². The predicted molar refractivity (Wildman–Crippen MR) is 80.4 cm³/mol. The maximum atomic E-state index is 12.1. The summed E-state index contributed by atoms with van der Waals surface area (Å²) in [7, 11) is 3.92. The van der Waals surface area contributed by atoms with E-state index >= 15 is 0 Å². The molecule has 112 valence electrons. The van der Waals surface area contributed by atoms with Crippen molar-refractivity contribution in [2.75, 3.05) is 64.1 Å². The number of morpholine rings is 1. The number of carbonyl (C=O) groups is 1. The van der Waals surface area contributed by atoms with Crippen molar-refractivity contribution in [1.82, 2.24) is 15.2 Å². The number of amides is 1. The highest BCUT2D eigenvalue weighted by molar-refractivity contribution is 7.18. The lowest BCUT2D eigenvalue weighted by atomic mass is 10.4. The summed E-state index contributed by atoms with van der Waals surface area (Å²) in [5, 5.41) is 3.65. The summed E-state index contributed by atoms with van der Waals surface area (Å²) >= 11 is 1.34. The number of nitrogens with one attached hydrogen (secondary N) is 1. The molecule has 1 amide bonds. The van der Waals surface area contributed by atoms with Crippen LogP contribution in [-0.4, -0.2) is 69.3 Å². The van der Waals surface area contributed by atoms with Crippen molar-refractivity contribution >= 4 is 28.2 Å². The molecule has 1 aliphatic heterocycles. The van der Waals surface area contributed by atoms with Crippen LogP contribution in [0.3, 0.4) is 0 Å². The first-order chi connectivity index (χ1) is 9.58. The first-order valence-corrected chi connectivity index (χ1v) is 7.41. The van der Waals surface area contributed by atoms with E-state index in [1.807, 2.05) is 19.0 Å². The Balaban J connectivity index is 1.97. The van der Waals surface area contributed by atoms with Crippen LogP contribution in [0.2, 0.25) is 0 Å². The van der Waals surface area contributed by atoms with Gasteiger partial charge in [0, 0.05) is 26.2 Å². The second-order valence-electron chi connectivity index (χ2n) is 4.87. The largest absolute Gasteiger partial charge is 0.382 e. The second-order valence-corrected chi connectivity index (χ2v) is 5.85. The fourth-order valence-corrected chi connectivity index (χ4v) is 2.80. The Labute approximate surface area is 122 Å². The van der Waals surface area contributed by atoms with Gasteiger partial charge in [-0.15, -0.1) is 0 Å². The van der Waals surface area contributed by atoms with Crippen molar-refractivity contribution in [2.24, 2.45) is 0 Å². The Bertz CT molecular complexity index is 457. The standard InChI is InChI=1S/C12H21N5O2S/c1-16(2)4-3-14-11(18)9-10(13)15-12(20-9)17-5-7-19-8-6-17/h3-8,13H2,1-2H3,(H,14,18). The molecule has 8 heteroatoms. The van der Waals surface area contributed by atoms with Gasteiger partial charge in [-0.25, -0.2) is 4.98 Å². The molecule has 0 spiro atoms. The topological polar surface area (TPSA) is 83.7 Å². The SMILES string of the molecule is CN(C)CCNC(=O)c1sc(N2CCOCC2)nc1N. The van der Waals surface area contributed by atoms with Gasteiger partial charge in [0.15, 0.2) is 5.13 Å². The number of nitrogen functional groups attached to an aromatic ring is 1. The summed E-state index contributed by atoms with van der Waals surface area (Å²) < 4.78 is 5.30. The predicted octanol–water partition coefficient (Wildman–Crippen LogP) is -0.147. The Kier molecular flexibility index (Phi) is 5.16. The van der Waals surface area contributed by atoms with Crippen LogP contribution < -0.4 is 16.0 Å². The molecular weight excluding hydrogens is 278 g/mol. The Hall–Kier alpha value is -1.38. The van der Waals surface area contributed by atoms with Crippen molar-refractivity contribution in [3.05, 3.63) is 4.88 Å². The van der Waals surface area contributed by atoms with Gasteiger partial charge in [0.25, 0.3) is 5.91 Å². The molecule has 0 bridgehead atoms. The van der Waals surface area contributed by atoms with Crippen molar-refractivity contribution < 1.29 is 9.53 Å². The van der Waals surface area contributed by atoms with E-state index in [-0.39, 0.29) is 5.91 Å². The maximum absolute atomic E-state index is 12.1. The zero-order valence-electron chi connectivity index (χ0n) is 11.9. The van der Waals surface area contributed by atoms with Gasteiger partial charge in [-0.1, -0.05) is 11.3 Å². The third-order valence-corrected chi connectivity index (χ3v) is 4.11. The molecule has 1 aromatic rings. The highest BCUT2D eigenvalue weighted by Gasteiger charge is 2.20. The zero-order chi connectivity index (χ0) is 14.5. The molecule has 2 heterocycles. The first-order valence-electron chi connectivity index (χ1n) is 6.60. The third kappa shape index (κ3) is 3.81. The van der Waals surface area contributed by atoms with Crippen LogP contribution in [0.25, 0.3) is 0 Å². The van der Waals surface area contributed by atoms with Crippen molar-refractivity contribution in [1.29, 1.82) is 0 Å². The van der Waals surface area contributed by atoms with Crippen LogP contribution in [0.1, 0.15) is 9.67 Å². The summed E-state index contributed by atoms with van der Waals surface area (Å²) in [6.45, 7) is 4.33.